The number of aliphatic imine (C=N–C) groups is 1. The number of nitrogens with one attached hydrogen (secondary N) is 1. The van der Waals surface area contributed by atoms with Gasteiger partial charge < -0.3 is 19.7 Å². The van der Waals surface area contributed by atoms with Gasteiger partial charge in [-0.1, -0.05) is 6.07 Å². The molecule has 2 aliphatic heterocycles. The van der Waals surface area contributed by atoms with E-state index in [-0.39, 0.29) is 12.4 Å². The molecule has 1 atom stereocenters. The predicted octanol–water partition coefficient (Wildman–Crippen LogP) is 1.70. The quantitative estimate of drug-likeness (QED) is 0.603. The molecular formula is C20H31FN4O2. The molecule has 1 aromatic carbocycles. The van der Waals surface area contributed by atoms with Gasteiger partial charge in [-0.25, -0.2) is 4.39 Å². The van der Waals surface area contributed by atoms with Crippen LogP contribution in [0.5, 0.6) is 0 Å². The summed E-state index contributed by atoms with van der Waals surface area (Å²) >= 11 is 0. The molecule has 150 valence electrons. The molecule has 0 amide bonds. The second kappa shape index (κ2) is 10.0. The molecule has 0 radical (unpaired) electrons. The van der Waals surface area contributed by atoms with Gasteiger partial charge in [0.25, 0.3) is 0 Å². The molecule has 0 spiro atoms. The molecule has 27 heavy (non-hydrogen) atoms. The third kappa shape index (κ3) is 5.64. The van der Waals surface area contributed by atoms with E-state index in [1.54, 1.807) is 13.2 Å². The fraction of sp³-hybridized carbons (Fsp3) is 0.650. The van der Waals surface area contributed by atoms with Crippen LogP contribution in [-0.4, -0.2) is 75.9 Å². The van der Waals surface area contributed by atoms with E-state index in [0.717, 1.165) is 57.5 Å². The highest BCUT2D eigenvalue weighted by Gasteiger charge is 2.27. The molecule has 1 unspecified atom stereocenters. The number of methoxy groups -OCH3 is 1. The lowest BCUT2D eigenvalue weighted by atomic mass is 10.1. The Morgan fingerprint density at radius 1 is 1.33 bits per heavy atom. The molecule has 2 aliphatic rings. The lowest BCUT2D eigenvalue weighted by Gasteiger charge is -2.29. The van der Waals surface area contributed by atoms with Crippen LogP contribution >= 0.6 is 0 Å². The van der Waals surface area contributed by atoms with Crippen molar-refractivity contribution in [3.63, 3.8) is 0 Å². The van der Waals surface area contributed by atoms with Crippen molar-refractivity contribution in [3.05, 3.63) is 35.1 Å². The molecule has 2 fully saturated rings. The molecule has 2 heterocycles. The van der Waals surface area contributed by atoms with Crippen molar-refractivity contribution < 1.29 is 13.9 Å². The Hall–Kier alpha value is -1.70. The van der Waals surface area contributed by atoms with Crippen LogP contribution in [0.4, 0.5) is 4.39 Å². The summed E-state index contributed by atoms with van der Waals surface area (Å²) in [5, 5.41) is 3.42. The van der Waals surface area contributed by atoms with Crippen molar-refractivity contribution in [2.75, 3.05) is 60.1 Å². The molecule has 7 heteroatoms. The Morgan fingerprint density at radius 3 is 2.89 bits per heavy atom. The summed E-state index contributed by atoms with van der Waals surface area (Å²) in [4.78, 5) is 9.27. The second-order valence-corrected chi connectivity index (χ2v) is 7.27. The number of halogens is 1. The number of ether oxygens (including phenoxy) is 2. The van der Waals surface area contributed by atoms with E-state index in [4.69, 9.17) is 9.47 Å². The second-order valence-electron chi connectivity index (χ2n) is 7.27. The van der Waals surface area contributed by atoms with Gasteiger partial charge in [-0.05, 0) is 30.0 Å². The van der Waals surface area contributed by atoms with E-state index < -0.39 is 0 Å². The summed E-state index contributed by atoms with van der Waals surface area (Å²) in [6.07, 6.45) is 1.19. The number of hydrogen-bond donors (Lipinski definition) is 1. The normalized spacial score (nSPS) is 21.7. The minimum absolute atomic E-state index is 0.226. The molecule has 0 aromatic heterocycles. The number of rotatable bonds is 6. The van der Waals surface area contributed by atoms with Crippen molar-refractivity contribution in [2.24, 2.45) is 10.9 Å². The third-order valence-electron chi connectivity index (χ3n) is 5.28. The summed E-state index contributed by atoms with van der Waals surface area (Å²) in [5.74, 6) is 1.35. The number of guanidine groups is 1. The molecule has 1 aromatic rings. The number of likely N-dealkylation sites (tertiary alicyclic amines) is 1. The summed E-state index contributed by atoms with van der Waals surface area (Å²) in [5.41, 5.74) is 1.60. The first-order chi connectivity index (χ1) is 13.2. The van der Waals surface area contributed by atoms with Crippen LogP contribution in [0.2, 0.25) is 0 Å². The highest BCUT2D eigenvalue weighted by Crippen LogP contribution is 2.18. The largest absolute Gasteiger partial charge is 0.380 e. The van der Waals surface area contributed by atoms with E-state index in [2.05, 4.69) is 20.1 Å². The van der Waals surface area contributed by atoms with Crippen LogP contribution < -0.4 is 5.32 Å². The lowest BCUT2D eigenvalue weighted by molar-refractivity contribution is 0.0315. The van der Waals surface area contributed by atoms with E-state index in [1.807, 2.05) is 13.1 Å². The molecular weight excluding hydrogens is 347 g/mol. The van der Waals surface area contributed by atoms with Gasteiger partial charge in [-0.3, -0.25) is 9.89 Å². The topological polar surface area (TPSA) is 49.3 Å². The zero-order valence-electron chi connectivity index (χ0n) is 16.4. The zero-order valence-corrected chi connectivity index (χ0v) is 16.4. The van der Waals surface area contributed by atoms with Crippen molar-refractivity contribution in [1.82, 2.24) is 15.1 Å². The third-order valence-corrected chi connectivity index (χ3v) is 5.28. The van der Waals surface area contributed by atoms with Gasteiger partial charge in [0.1, 0.15) is 5.82 Å². The van der Waals surface area contributed by atoms with Gasteiger partial charge in [-0.15, -0.1) is 0 Å². The molecule has 6 nitrogen and oxygen atoms in total. The summed E-state index contributed by atoms with van der Waals surface area (Å²) in [6.45, 7) is 7.86. The van der Waals surface area contributed by atoms with E-state index in [9.17, 15) is 4.39 Å². The standard InChI is InChI=1S/C20H31FN4O2/c1-22-20(23-12-16-3-4-19(21)18(11-16)15-26-2)25-6-5-17(14-25)13-24-7-9-27-10-8-24/h3-4,11,17H,5-10,12-15H2,1-2H3,(H,22,23). The average Bonchev–Trinajstić information content (AvgIpc) is 3.14. The highest BCUT2D eigenvalue weighted by atomic mass is 19.1. The van der Waals surface area contributed by atoms with Gasteiger partial charge in [-0.2, -0.15) is 0 Å². The van der Waals surface area contributed by atoms with Crippen LogP contribution in [-0.2, 0) is 22.6 Å². The maximum absolute atomic E-state index is 13.8. The SMILES string of the molecule is CN=C(NCc1ccc(F)c(COC)c1)N1CCC(CN2CCOCC2)C1. The zero-order chi connectivity index (χ0) is 19.1. The average molecular weight is 378 g/mol. The maximum Gasteiger partial charge on any atom is 0.193 e. The summed E-state index contributed by atoms with van der Waals surface area (Å²) < 4.78 is 24.3. The molecule has 3 rings (SSSR count). The van der Waals surface area contributed by atoms with Gasteiger partial charge in [0, 0.05) is 59.0 Å². The van der Waals surface area contributed by atoms with E-state index in [1.165, 1.54) is 12.5 Å². The first kappa shape index (κ1) is 20.0. The van der Waals surface area contributed by atoms with Crippen LogP contribution in [0.25, 0.3) is 0 Å². The Kier molecular flexibility index (Phi) is 7.43. The molecule has 1 N–H and O–H groups in total. The maximum atomic E-state index is 13.8. The highest BCUT2D eigenvalue weighted by molar-refractivity contribution is 5.80. The van der Waals surface area contributed by atoms with E-state index >= 15 is 0 Å². The predicted molar refractivity (Wildman–Crippen MR) is 104 cm³/mol. The number of nitrogens with zero attached hydrogens (tertiary/aromatic N) is 3. The lowest BCUT2D eigenvalue weighted by Crippen LogP contribution is -2.42. The Balaban J connectivity index is 1.50. The first-order valence-electron chi connectivity index (χ1n) is 9.71. The van der Waals surface area contributed by atoms with Gasteiger partial charge >= 0.3 is 0 Å². The van der Waals surface area contributed by atoms with Crippen molar-refractivity contribution in [2.45, 2.75) is 19.6 Å². The van der Waals surface area contributed by atoms with E-state index in [0.29, 0.717) is 18.0 Å². The Labute approximate surface area is 161 Å². The molecule has 2 saturated heterocycles. The minimum atomic E-state index is -0.226. The van der Waals surface area contributed by atoms with Crippen molar-refractivity contribution >= 4 is 5.96 Å². The molecule has 0 bridgehead atoms. The first-order valence-corrected chi connectivity index (χ1v) is 9.71. The molecule has 0 aliphatic carbocycles. The van der Waals surface area contributed by atoms with Crippen LogP contribution in [0, 0.1) is 11.7 Å². The number of morpholine rings is 1. The molecule has 0 saturated carbocycles. The van der Waals surface area contributed by atoms with Crippen molar-refractivity contribution in [1.29, 1.82) is 0 Å². The fourth-order valence-electron chi connectivity index (χ4n) is 3.84. The number of benzene rings is 1. The van der Waals surface area contributed by atoms with Crippen LogP contribution in [0.3, 0.4) is 0 Å². The monoisotopic (exact) mass is 378 g/mol. The summed E-state index contributed by atoms with van der Waals surface area (Å²) in [7, 11) is 3.39. The summed E-state index contributed by atoms with van der Waals surface area (Å²) in [6, 6.07) is 5.16. The Morgan fingerprint density at radius 2 is 2.15 bits per heavy atom. The van der Waals surface area contributed by atoms with Crippen LogP contribution in [0.15, 0.2) is 23.2 Å². The smallest absolute Gasteiger partial charge is 0.193 e. The number of hydrogen-bond acceptors (Lipinski definition) is 4. The Bertz CT molecular complexity index is 634. The van der Waals surface area contributed by atoms with Crippen molar-refractivity contribution in [3.8, 4) is 0 Å². The minimum Gasteiger partial charge on any atom is -0.380 e. The fourth-order valence-corrected chi connectivity index (χ4v) is 3.84. The van der Waals surface area contributed by atoms with Gasteiger partial charge in [0.2, 0.25) is 0 Å². The van der Waals surface area contributed by atoms with Gasteiger partial charge in [0.05, 0.1) is 19.8 Å². The van der Waals surface area contributed by atoms with Gasteiger partial charge in [0.15, 0.2) is 5.96 Å². The van der Waals surface area contributed by atoms with Crippen LogP contribution in [0.1, 0.15) is 17.5 Å².